The maximum absolute atomic E-state index is 13.9. The maximum atomic E-state index is 13.9. The zero-order valence-corrected chi connectivity index (χ0v) is 25.1. The van der Waals surface area contributed by atoms with Crippen LogP contribution in [0.5, 0.6) is 5.75 Å². The highest BCUT2D eigenvalue weighted by molar-refractivity contribution is 6.74. The summed E-state index contributed by atoms with van der Waals surface area (Å²) in [5.41, 5.74) is 2.06. The number of benzene rings is 2. The Labute approximate surface area is 234 Å². The molecule has 0 saturated carbocycles. The van der Waals surface area contributed by atoms with E-state index in [1.807, 2.05) is 54.6 Å². The van der Waals surface area contributed by atoms with Gasteiger partial charge in [-0.15, -0.1) is 6.58 Å². The van der Waals surface area contributed by atoms with Crippen LogP contribution >= 0.6 is 0 Å². The molecule has 212 valence electrons. The van der Waals surface area contributed by atoms with Crippen molar-refractivity contribution in [3.05, 3.63) is 78.4 Å². The highest BCUT2D eigenvalue weighted by atomic mass is 28.4. The van der Waals surface area contributed by atoms with E-state index in [4.69, 9.17) is 18.6 Å². The van der Waals surface area contributed by atoms with Gasteiger partial charge in [-0.3, -0.25) is 4.79 Å². The van der Waals surface area contributed by atoms with Crippen molar-refractivity contribution in [3.8, 4) is 5.75 Å². The van der Waals surface area contributed by atoms with E-state index in [9.17, 15) is 9.59 Å². The average molecular weight is 554 g/mol. The van der Waals surface area contributed by atoms with E-state index >= 15 is 0 Å². The predicted octanol–water partition coefficient (Wildman–Crippen LogP) is 6.38. The average Bonchev–Trinajstić information content (AvgIpc) is 3.26. The molecule has 0 bridgehead atoms. The van der Waals surface area contributed by atoms with E-state index in [-0.39, 0.29) is 23.6 Å². The molecule has 1 saturated heterocycles. The van der Waals surface area contributed by atoms with Crippen LogP contribution in [-0.4, -0.2) is 57.7 Å². The van der Waals surface area contributed by atoms with E-state index < -0.39 is 26.4 Å². The molecule has 0 N–H and O–H groups in total. The molecule has 1 aliphatic rings. The number of imide groups is 1. The fourth-order valence-electron chi connectivity index (χ4n) is 4.32. The number of nitrogens with zero attached hydrogens (tertiary/aromatic N) is 1. The second-order valence-corrected chi connectivity index (χ2v) is 16.3. The third kappa shape index (κ3) is 8.03. The fourth-order valence-corrected chi connectivity index (χ4v) is 5.69. The maximum Gasteiger partial charge on any atom is 0.417 e. The number of carbonyl (C=O) groups excluding carboxylic acids is 2. The summed E-state index contributed by atoms with van der Waals surface area (Å²) >= 11 is 0. The van der Waals surface area contributed by atoms with Crippen LogP contribution in [0.4, 0.5) is 4.79 Å². The summed E-state index contributed by atoms with van der Waals surface area (Å²) in [6.07, 6.45) is 1.51. The van der Waals surface area contributed by atoms with Gasteiger partial charge >= 0.3 is 6.09 Å². The van der Waals surface area contributed by atoms with Crippen LogP contribution in [0.15, 0.2) is 67.3 Å². The Morgan fingerprint density at radius 1 is 1.13 bits per heavy atom. The van der Waals surface area contributed by atoms with Crippen molar-refractivity contribution in [1.29, 1.82) is 0 Å². The number of rotatable bonds is 13. The van der Waals surface area contributed by atoms with Crippen LogP contribution < -0.4 is 4.74 Å². The molecule has 1 aliphatic heterocycles. The zero-order chi connectivity index (χ0) is 28.6. The molecule has 0 aliphatic carbocycles. The van der Waals surface area contributed by atoms with Crippen LogP contribution in [0.2, 0.25) is 18.1 Å². The van der Waals surface area contributed by atoms with Crippen molar-refractivity contribution in [3.63, 3.8) is 0 Å². The Morgan fingerprint density at radius 3 is 2.38 bits per heavy atom. The molecular formula is C31H43NO6Si. The molecule has 39 heavy (non-hydrogen) atoms. The molecule has 1 heterocycles. The predicted molar refractivity (Wildman–Crippen MR) is 155 cm³/mol. The van der Waals surface area contributed by atoms with Gasteiger partial charge in [0.1, 0.15) is 12.4 Å². The van der Waals surface area contributed by atoms with Gasteiger partial charge < -0.3 is 18.6 Å². The second kappa shape index (κ2) is 13.4. The molecule has 0 aromatic heterocycles. The molecule has 8 heteroatoms. The lowest BCUT2D eigenvalue weighted by Gasteiger charge is -2.41. The van der Waals surface area contributed by atoms with Crippen LogP contribution in [0.25, 0.3) is 0 Å². The topological polar surface area (TPSA) is 74.3 Å². The minimum Gasteiger partial charge on any atom is -0.497 e. The Hall–Kier alpha value is -2.94. The van der Waals surface area contributed by atoms with Crippen molar-refractivity contribution < 1.29 is 28.2 Å². The van der Waals surface area contributed by atoms with E-state index in [0.29, 0.717) is 26.1 Å². The molecular weight excluding hydrogens is 510 g/mol. The van der Waals surface area contributed by atoms with Gasteiger partial charge in [-0.2, -0.15) is 0 Å². The lowest BCUT2D eigenvalue weighted by atomic mass is 9.97. The Bertz CT molecular complexity index is 1100. The molecule has 0 spiro atoms. The molecule has 2 aromatic rings. The minimum absolute atomic E-state index is 0.0631. The second-order valence-electron chi connectivity index (χ2n) is 11.5. The summed E-state index contributed by atoms with van der Waals surface area (Å²) in [6, 6.07) is 17.1. The fraction of sp³-hybridized carbons (Fsp3) is 0.484. The van der Waals surface area contributed by atoms with E-state index in [0.717, 1.165) is 16.9 Å². The SMILES string of the molecule is C=C[C@@H](C(=O)N1C(=O)OC[C@H]1Cc1ccccc1)[C@H](CCOCc1ccc(OC)cc1)O[Si](C)(C)C(C)(C)C. The highest BCUT2D eigenvalue weighted by Crippen LogP contribution is 2.39. The van der Waals surface area contributed by atoms with Crippen LogP contribution in [0.3, 0.4) is 0 Å². The molecule has 0 radical (unpaired) electrons. The number of hydrogen-bond donors (Lipinski definition) is 0. The Balaban J connectivity index is 1.76. The minimum atomic E-state index is -2.27. The Morgan fingerprint density at radius 2 is 1.79 bits per heavy atom. The van der Waals surface area contributed by atoms with Crippen LogP contribution in [0, 0.1) is 5.92 Å². The molecule has 2 aromatic carbocycles. The largest absolute Gasteiger partial charge is 0.497 e. The van der Waals surface area contributed by atoms with Gasteiger partial charge in [-0.05, 0) is 54.2 Å². The van der Waals surface area contributed by atoms with Gasteiger partial charge in [0.15, 0.2) is 8.32 Å². The summed E-state index contributed by atoms with van der Waals surface area (Å²) in [5, 5.41) is -0.0631. The van der Waals surface area contributed by atoms with Crippen LogP contribution in [-0.2, 0) is 31.7 Å². The van der Waals surface area contributed by atoms with E-state index in [1.165, 1.54) is 4.90 Å². The van der Waals surface area contributed by atoms with Gasteiger partial charge in [0.2, 0.25) is 5.91 Å². The normalized spacial score (nSPS) is 17.4. The smallest absolute Gasteiger partial charge is 0.417 e. The van der Waals surface area contributed by atoms with Crippen molar-refractivity contribution in [2.45, 2.75) is 70.5 Å². The number of methoxy groups -OCH3 is 1. The first-order valence-corrected chi connectivity index (χ1v) is 16.4. The Kier molecular flexibility index (Phi) is 10.5. The molecule has 3 atom stereocenters. The summed E-state index contributed by atoms with van der Waals surface area (Å²) in [7, 11) is -0.630. The quantitative estimate of drug-likeness (QED) is 0.163. The van der Waals surface area contributed by atoms with Gasteiger partial charge in [-0.1, -0.05) is 69.3 Å². The first-order valence-electron chi connectivity index (χ1n) is 13.5. The lowest BCUT2D eigenvalue weighted by molar-refractivity contribution is -0.135. The van der Waals surface area contributed by atoms with Crippen molar-refractivity contribution in [1.82, 2.24) is 4.90 Å². The van der Waals surface area contributed by atoms with Crippen LogP contribution in [0.1, 0.15) is 38.3 Å². The number of carbonyl (C=O) groups is 2. The van der Waals surface area contributed by atoms with E-state index in [1.54, 1.807) is 13.2 Å². The van der Waals surface area contributed by atoms with Gasteiger partial charge in [0, 0.05) is 6.61 Å². The standard InChI is InChI=1S/C31H43NO6Si/c1-8-27(29(33)32-25(22-37-30(32)34)20-23-12-10-9-11-13-23)28(38-39(6,7)31(2,3)4)18-19-36-21-24-14-16-26(35-5)17-15-24/h8-17,25,27-28H,1,18-22H2,2-7H3/t25-,27-,28+/m1/s1. The van der Waals surface area contributed by atoms with E-state index in [2.05, 4.69) is 40.4 Å². The first-order chi connectivity index (χ1) is 18.5. The zero-order valence-electron chi connectivity index (χ0n) is 24.1. The van der Waals surface area contributed by atoms with Crippen molar-refractivity contribution in [2.24, 2.45) is 5.92 Å². The molecule has 2 amide bonds. The molecule has 1 fully saturated rings. The van der Waals surface area contributed by atoms with Gasteiger partial charge in [0.05, 0.1) is 31.8 Å². The highest BCUT2D eigenvalue weighted by Gasteiger charge is 2.45. The number of cyclic esters (lactones) is 1. The summed E-state index contributed by atoms with van der Waals surface area (Å²) < 4.78 is 23.3. The lowest BCUT2D eigenvalue weighted by Crippen LogP contribution is -2.51. The molecule has 3 rings (SSSR count). The van der Waals surface area contributed by atoms with Gasteiger partial charge in [-0.25, -0.2) is 9.69 Å². The summed E-state index contributed by atoms with van der Waals surface area (Å²) in [6.45, 7) is 15.8. The van der Waals surface area contributed by atoms with Crippen molar-refractivity contribution in [2.75, 3.05) is 20.3 Å². The number of amides is 2. The van der Waals surface area contributed by atoms with Crippen molar-refractivity contribution >= 4 is 20.3 Å². The monoisotopic (exact) mass is 553 g/mol. The summed E-state index contributed by atoms with van der Waals surface area (Å²) in [5.74, 6) is -0.264. The molecule has 0 unspecified atom stereocenters. The molecule has 7 nitrogen and oxygen atoms in total. The third-order valence-corrected chi connectivity index (χ3v) is 12.2. The number of hydrogen-bond acceptors (Lipinski definition) is 6. The first kappa shape index (κ1) is 30.6. The third-order valence-electron chi connectivity index (χ3n) is 7.68. The number of ether oxygens (including phenoxy) is 3. The van der Waals surface area contributed by atoms with Gasteiger partial charge in [0.25, 0.3) is 0 Å². The summed E-state index contributed by atoms with van der Waals surface area (Å²) in [4.78, 5) is 27.9.